The molecular weight excluding hydrogens is 243 g/mol. The Kier molecular flexibility index (Phi) is 4.93. The molecule has 3 N–H and O–H groups in total. The van der Waals surface area contributed by atoms with Crippen LogP contribution in [0.5, 0.6) is 5.75 Å². The summed E-state index contributed by atoms with van der Waals surface area (Å²) >= 11 is 0. The summed E-state index contributed by atoms with van der Waals surface area (Å²) in [5.41, 5.74) is 4.64. The highest BCUT2D eigenvalue weighted by Gasteiger charge is 2.19. The summed E-state index contributed by atoms with van der Waals surface area (Å²) < 4.78 is 19.2. The Morgan fingerprint density at radius 1 is 1.42 bits per heavy atom. The first-order valence-electron chi connectivity index (χ1n) is 6.72. The number of hydrogen-bond donors (Lipinski definition) is 2. The number of hydrogen-bond acceptors (Lipinski definition) is 3. The topological polar surface area (TPSA) is 47.3 Å². The first-order valence-corrected chi connectivity index (χ1v) is 6.72. The molecule has 0 spiro atoms. The van der Waals surface area contributed by atoms with Crippen LogP contribution >= 0.6 is 0 Å². The molecule has 19 heavy (non-hydrogen) atoms. The number of methoxy groups -OCH3 is 1. The zero-order valence-electron chi connectivity index (χ0n) is 11.3. The van der Waals surface area contributed by atoms with Crippen molar-refractivity contribution in [3.8, 4) is 5.75 Å². The second kappa shape index (κ2) is 6.68. The van der Waals surface area contributed by atoms with Crippen molar-refractivity contribution < 1.29 is 9.13 Å². The van der Waals surface area contributed by atoms with Crippen molar-refractivity contribution in [2.75, 3.05) is 7.11 Å². The van der Waals surface area contributed by atoms with Gasteiger partial charge in [0.25, 0.3) is 0 Å². The van der Waals surface area contributed by atoms with Gasteiger partial charge in [0, 0.05) is 5.56 Å². The minimum absolute atomic E-state index is 0.209. The van der Waals surface area contributed by atoms with E-state index in [4.69, 9.17) is 10.6 Å². The zero-order chi connectivity index (χ0) is 13.7. The van der Waals surface area contributed by atoms with Gasteiger partial charge >= 0.3 is 0 Å². The van der Waals surface area contributed by atoms with Gasteiger partial charge < -0.3 is 4.74 Å². The average molecular weight is 264 g/mol. The lowest BCUT2D eigenvalue weighted by atomic mass is 9.91. The van der Waals surface area contributed by atoms with Crippen LogP contribution in [0.2, 0.25) is 0 Å². The predicted molar refractivity (Wildman–Crippen MR) is 74.2 cm³/mol. The van der Waals surface area contributed by atoms with Crippen LogP contribution in [0.4, 0.5) is 4.39 Å². The maximum atomic E-state index is 14.2. The number of allylic oxidation sites excluding steroid dienone is 1. The zero-order valence-corrected chi connectivity index (χ0v) is 11.3. The van der Waals surface area contributed by atoms with E-state index >= 15 is 0 Å². The fourth-order valence-electron chi connectivity index (χ4n) is 2.57. The molecule has 104 valence electrons. The van der Waals surface area contributed by atoms with Crippen LogP contribution < -0.4 is 16.0 Å². The van der Waals surface area contributed by atoms with E-state index in [0.29, 0.717) is 5.56 Å². The minimum atomic E-state index is -0.329. The second-order valence-electron chi connectivity index (χ2n) is 4.90. The highest BCUT2D eigenvalue weighted by atomic mass is 19.1. The molecule has 0 aliphatic heterocycles. The van der Waals surface area contributed by atoms with E-state index in [1.807, 2.05) is 0 Å². The summed E-state index contributed by atoms with van der Waals surface area (Å²) in [6, 6.07) is 4.95. The SMILES string of the molecule is COc1cccc(C(CC2=CCCCC2)NN)c1F. The van der Waals surface area contributed by atoms with Crippen LogP contribution in [0.25, 0.3) is 0 Å². The van der Waals surface area contributed by atoms with Gasteiger partial charge in [0.1, 0.15) is 0 Å². The molecule has 1 aliphatic carbocycles. The first kappa shape index (κ1) is 14.0. The molecule has 4 heteroatoms. The molecule has 0 aromatic heterocycles. The van der Waals surface area contributed by atoms with E-state index in [-0.39, 0.29) is 17.6 Å². The molecule has 2 rings (SSSR count). The van der Waals surface area contributed by atoms with Crippen LogP contribution in [0.1, 0.15) is 43.7 Å². The number of rotatable bonds is 5. The normalized spacial score (nSPS) is 16.9. The van der Waals surface area contributed by atoms with Crippen molar-refractivity contribution in [3.63, 3.8) is 0 Å². The molecule has 0 fully saturated rings. The van der Waals surface area contributed by atoms with E-state index in [0.717, 1.165) is 19.3 Å². The molecule has 0 amide bonds. The van der Waals surface area contributed by atoms with Gasteiger partial charge in [-0.15, -0.1) is 0 Å². The Hall–Kier alpha value is -1.39. The lowest BCUT2D eigenvalue weighted by Crippen LogP contribution is -2.29. The van der Waals surface area contributed by atoms with Gasteiger partial charge in [0.05, 0.1) is 13.2 Å². The number of hydrazine groups is 1. The second-order valence-corrected chi connectivity index (χ2v) is 4.90. The van der Waals surface area contributed by atoms with Crippen LogP contribution in [-0.2, 0) is 0 Å². The Morgan fingerprint density at radius 2 is 2.26 bits per heavy atom. The lowest BCUT2D eigenvalue weighted by Gasteiger charge is -2.21. The number of benzene rings is 1. The summed E-state index contributed by atoms with van der Waals surface area (Å²) in [5.74, 6) is 5.53. The maximum Gasteiger partial charge on any atom is 0.169 e. The Balaban J connectivity index is 2.19. The summed E-state index contributed by atoms with van der Waals surface area (Å²) in [7, 11) is 1.47. The smallest absolute Gasteiger partial charge is 0.169 e. The van der Waals surface area contributed by atoms with Gasteiger partial charge in [-0.1, -0.05) is 23.8 Å². The van der Waals surface area contributed by atoms with Crippen molar-refractivity contribution in [1.29, 1.82) is 0 Å². The van der Waals surface area contributed by atoms with E-state index in [1.54, 1.807) is 18.2 Å². The van der Waals surface area contributed by atoms with Gasteiger partial charge in [0.2, 0.25) is 0 Å². The van der Waals surface area contributed by atoms with Gasteiger partial charge in [-0.25, -0.2) is 4.39 Å². The largest absolute Gasteiger partial charge is 0.494 e. The van der Waals surface area contributed by atoms with Crippen molar-refractivity contribution in [2.24, 2.45) is 5.84 Å². The standard InChI is InChI=1S/C15H21FN2O/c1-19-14-9-5-8-12(15(14)16)13(18-17)10-11-6-3-2-4-7-11/h5-6,8-9,13,18H,2-4,7,10,17H2,1H3. The first-order chi connectivity index (χ1) is 9.26. The monoisotopic (exact) mass is 264 g/mol. The van der Waals surface area contributed by atoms with Gasteiger partial charge in [0.15, 0.2) is 11.6 Å². The number of halogens is 1. The molecule has 1 aliphatic rings. The molecule has 1 aromatic rings. The molecule has 3 nitrogen and oxygen atoms in total. The van der Waals surface area contributed by atoms with Gasteiger partial charge in [-0.2, -0.15) is 0 Å². The van der Waals surface area contributed by atoms with Crippen molar-refractivity contribution >= 4 is 0 Å². The van der Waals surface area contributed by atoms with Crippen LogP contribution in [-0.4, -0.2) is 7.11 Å². The van der Waals surface area contributed by atoms with Gasteiger partial charge in [-0.05, 0) is 38.2 Å². The number of nitrogens with two attached hydrogens (primary N) is 1. The molecule has 0 radical (unpaired) electrons. The summed E-state index contributed by atoms with van der Waals surface area (Å²) in [4.78, 5) is 0. The third-order valence-corrected chi connectivity index (χ3v) is 3.64. The Bertz CT molecular complexity index is 459. The molecule has 0 heterocycles. The molecule has 0 saturated heterocycles. The van der Waals surface area contributed by atoms with Crippen LogP contribution in [0.15, 0.2) is 29.8 Å². The third kappa shape index (κ3) is 3.33. The highest BCUT2D eigenvalue weighted by Crippen LogP contribution is 2.31. The van der Waals surface area contributed by atoms with Crippen LogP contribution in [0, 0.1) is 5.82 Å². The summed E-state index contributed by atoms with van der Waals surface area (Å²) in [6.07, 6.45) is 7.67. The van der Waals surface area contributed by atoms with Gasteiger partial charge in [-0.3, -0.25) is 11.3 Å². The predicted octanol–water partition coefficient (Wildman–Crippen LogP) is 3.23. The summed E-state index contributed by atoms with van der Waals surface area (Å²) in [5, 5.41) is 0. The fraction of sp³-hybridized carbons (Fsp3) is 0.467. The quantitative estimate of drug-likeness (QED) is 0.487. The van der Waals surface area contributed by atoms with E-state index in [2.05, 4.69) is 11.5 Å². The molecule has 1 aromatic carbocycles. The van der Waals surface area contributed by atoms with Crippen molar-refractivity contribution in [3.05, 3.63) is 41.2 Å². The van der Waals surface area contributed by atoms with Crippen molar-refractivity contribution in [2.45, 2.75) is 38.1 Å². The lowest BCUT2D eigenvalue weighted by molar-refractivity contribution is 0.379. The van der Waals surface area contributed by atoms with E-state index < -0.39 is 0 Å². The summed E-state index contributed by atoms with van der Waals surface area (Å²) in [6.45, 7) is 0. The maximum absolute atomic E-state index is 14.2. The highest BCUT2D eigenvalue weighted by molar-refractivity contribution is 5.33. The van der Waals surface area contributed by atoms with E-state index in [9.17, 15) is 4.39 Å². The molecular formula is C15H21FN2O. The average Bonchev–Trinajstić information content (AvgIpc) is 2.46. The van der Waals surface area contributed by atoms with Crippen LogP contribution in [0.3, 0.4) is 0 Å². The van der Waals surface area contributed by atoms with Crippen molar-refractivity contribution in [1.82, 2.24) is 5.43 Å². The Labute approximate surface area is 113 Å². The fourth-order valence-corrected chi connectivity index (χ4v) is 2.57. The third-order valence-electron chi connectivity index (χ3n) is 3.64. The molecule has 1 atom stereocenters. The molecule has 1 unspecified atom stereocenters. The number of nitrogens with one attached hydrogen (secondary N) is 1. The van der Waals surface area contributed by atoms with E-state index in [1.165, 1.54) is 25.5 Å². The molecule has 0 bridgehead atoms. The number of ether oxygens (including phenoxy) is 1. The Morgan fingerprint density at radius 3 is 2.89 bits per heavy atom. The minimum Gasteiger partial charge on any atom is -0.494 e. The molecule has 0 saturated carbocycles.